The summed E-state index contributed by atoms with van der Waals surface area (Å²) < 4.78 is 5.64. The normalized spacial score (nSPS) is 10.8. The highest BCUT2D eigenvalue weighted by Gasteiger charge is 2.16. The molecule has 0 saturated carbocycles. The minimum Gasteiger partial charge on any atom is -0.494 e. The maximum absolute atomic E-state index is 11.7. The Hall–Kier alpha value is -2.89. The molecule has 1 amide bonds. The monoisotopic (exact) mass is 338 g/mol. The number of carbonyl (C=O) groups is 1. The van der Waals surface area contributed by atoms with Crippen molar-refractivity contribution in [1.29, 1.82) is 0 Å². The first-order chi connectivity index (χ1) is 12.2. The molecule has 1 aromatic carbocycles. The zero-order valence-corrected chi connectivity index (χ0v) is 14.5. The summed E-state index contributed by atoms with van der Waals surface area (Å²) in [6.07, 6.45) is 5.31. The largest absolute Gasteiger partial charge is 0.494 e. The lowest BCUT2D eigenvalue weighted by atomic mass is 10.0. The topological polar surface area (TPSA) is 79.9 Å². The van der Waals surface area contributed by atoms with E-state index in [4.69, 9.17) is 4.74 Å². The van der Waals surface area contributed by atoms with Gasteiger partial charge >= 0.3 is 0 Å². The summed E-state index contributed by atoms with van der Waals surface area (Å²) in [5, 5.41) is 2.66. The first-order valence-corrected chi connectivity index (χ1v) is 8.48. The number of nitrogens with one attached hydrogen (secondary N) is 2. The Morgan fingerprint density at radius 2 is 1.96 bits per heavy atom. The van der Waals surface area contributed by atoms with E-state index in [-0.39, 0.29) is 5.91 Å². The Kier molecular flexibility index (Phi) is 5.28. The number of benzene rings is 1. The van der Waals surface area contributed by atoms with Gasteiger partial charge in [-0.1, -0.05) is 6.92 Å². The predicted molar refractivity (Wildman–Crippen MR) is 97.5 cm³/mol. The molecule has 2 heterocycles. The van der Waals surface area contributed by atoms with Crippen LogP contribution in [0.4, 0.5) is 0 Å². The van der Waals surface area contributed by atoms with Crippen molar-refractivity contribution in [3.8, 4) is 17.0 Å². The number of amides is 1. The fourth-order valence-electron chi connectivity index (χ4n) is 2.75. The molecule has 3 rings (SSSR count). The van der Waals surface area contributed by atoms with Gasteiger partial charge in [0.1, 0.15) is 11.3 Å². The third-order valence-electron chi connectivity index (χ3n) is 4.03. The maximum Gasteiger partial charge on any atom is 0.220 e. The first kappa shape index (κ1) is 17.0. The van der Waals surface area contributed by atoms with Crippen LogP contribution < -0.4 is 10.1 Å². The van der Waals surface area contributed by atoms with E-state index >= 15 is 0 Å². The lowest BCUT2D eigenvalue weighted by Gasteiger charge is -2.07. The van der Waals surface area contributed by atoms with Crippen molar-refractivity contribution in [2.75, 3.05) is 13.7 Å². The predicted octanol–water partition coefficient (Wildman–Crippen LogP) is 3.09. The number of ether oxygens (including phenoxy) is 1. The van der Waals surface area contributed by atoms with Gasteiger partial charge in [0.15, 0.2) is 5.65 Å². The van der Waals surface area contributed by atoms with Gasteiger partial charge in [0, 0.05) is 31.4 Å². The van der Waals surface area contributed by atoms with Crippen LogP contribution in [0.15, 0.2) is 36.7 Å². The number of hydrogen-bond acceptors (Lipinski definition) is 4. The number of H-pyrrole nitrogens is 1. The third kappa shape index (κ3) is 3.79. The Labute approximate surface area is 146 Å². The molecule has 25 heavy (non-hydrogen) atoms. The molecule has 0 aliphatic carbocycles. The van der Waals surface area contributed by atoms with Crippen LogP contribution in [0.1, 0.15) is 25.3 Å². The van der Waals surface area contributed by atoms with Crippen molar-refractivity contribution in [3.05, 3.63) is 42.2 Å². The molecule has 0 saturated heterocycles. The van der Waals surface area contributed by atoms with E-state index in [1.165, 1.54) is 0 Å². The molecule has 0 bridgehead atoms. The quantitative estimate of drug-likeness (QED) is 0.694. The summed E-state index contributed by atoms with van der Waals surface area (Å²) in [7, 11) is 1.65. The number of rotatable bonds is 7. The second-order valence-corrected chi connectivity index (χ2v) is 5.78. The second kappa shape index (κ2) is 7.79. The Morgan fingerprint density at radius 3 is 2.68 bits per heavy atom. The molecule has 6 heteroatoms. The lowest BCUT2D eigenvalue weighted by molar-refractivity contribution is -0.120. The summed E-state index contributed by atoms with van der Waals surface area (Å²) in [6.45, 7) is 2.79. The number of nitrogens with zero attached hydrogens (tertiary/aromatic N) is 2. The minimum absolute atomic E-state index is 0.00695. The molecular weight excluding hydrogens is 316 g/mol. The van der Waals surface area contributed by atoms with Crippen molar-refractivity contribution >= 4 is 17.1 Å². The molecule has 0 fully saturated rings. The summed E-state index contributed by atoms with van der Waals surface area (Å²) in [4.78, 5) is 23.8. The molecule has 2 N–H and O–H groups in total. The van der Waals surface area contributed by atoms with E-state index in [2.05, 4.69) is 27.2 Å². The molecule has 0 spiro atoms. The van der Waals surface area contributed by atoms with Crippen LogP contribution in [0.3, 0.4) is 0 Å². The first-order valence-electron chi connectivity index (χ1n) is 8.48. The molecule has 0 aliphatic heterocycles. The van der Waals surface area contributed by atoms with Crippen molar-refractivity contribution in [2.45, 2.75) is 26.2 Å². The van der Waals surface area contributed by atoms with Crippen LogP contribution in [0, 0.1) is 0 Å². The number of fused-ring (bicyclic) bond motifs is 1. The molecule has 0 aliphatic rings. The van der Waals surface area contributed by atoms with Crippen molar-refractivity contribution in [2.24, 2.45) is 0 Å². The number of aromatic nitrogens is 3. The lowest BCUT2D eigenvalue weighted by Crippen LogP contribution is -2.18. The van der Waals surface area contributed by atoms with Crippen LogP contribution in [0.5, 0.6) is 5.75 Å². The van der Waals surface area contributed by atoms with Gasteiger partial charge in [-0.2, -0.15) is 0 Å². The van der Waals surface area contributed by atoms with Gasteiger partial charge in [-0.15, -0.1) is 0 Å². The highest BCUT2D eigenvalue weighted by molar-refractivity contribution is 5.86. The summed E-state index contributed by atoms with van der Waals surface area (Å²) in [5.41, 5.74) is 4.53. The highest BCUT2D eigenvalue weighted by Crippen LogP contribution is 2.30. The van der Waals surface area contributed by atoms with Crippen molar-refractivity contribution in [3.63, 3.8) is 0 Å². The van der Waals surface area contributed by atoms with Crippen LogP contribution in [-0.2, 0) is 11.2 Å². The van der Waals surface area contributed by atoms with E-state index < -0.39 is 0 Å². The smallest absolute Gasteiger partial charge is 0.220 e. The summed E-state index contributed by atoms with van der Waals surface area (Å²) in [6, 6.07) is 7.94. The Morgan fingerprint density at radius 1 is 1.20 bits per heavy atom. The van der Waals surface area contributed by atoms with E-state index in [1.807, 2.05) is 24.3 Å². The minimum atomic E-state index is 0.00695. The average Bonchev–Trinajstić information content (AvgIpc) is 3.03. The molecule has 6 nitrogen and oxygen atoms in total. The average molecular weight is 338 g/mol. The Bertz CT molecular complexity index is 855. The van der Waals surface area contributed by atoms with Crippen LogP contribution in [-0.4, -0.2) is 34.5 Å². The molecular formula is C19H22N4O2. The van der Waals surface area contributed by atoms with Crippen LogP contribution in [0.2, 0.25) is 0 Å². The number of carbonyl (C=O) groups excluding carboxylic acids is 1. The fourth-order valence-corrected chi connectivity index (χ4v) is 2.75. The van der Waals surface area contributed by atoms with E-state index in [0.29, 0.717) is 19.4 Å². The molecule has 2 aromatic heterocycles. The highest BCUT2D eigenvalue weighted by atomic mass is 16.5. The van der Waals surface area contributed by atoms with Gasteiger partial charge in [-0.3, -0.25) is 9.78 Å². The summed E-state index contributed by atoms with van der Waals surface area (Å²) >= 11 is 0. The van der Waals surface area contributed by atoms with Gasteiger partial charge in [-0.05, 0) is 42.7 Å². The molecule has 0 atom stereocenters. The molecule has 0 radical (unpaired) electrons. The third-order valence-corrected chi connectivity index (χ3v) is 4.03. The maximum atomic E-state index is 11.7. The van der Waals surface area contributed by atoms with E-state index in [1.54, 1.807) is 19.4 Å². The molecule has 3 aromatic rings. The summed E-state index contributed by atoms with van der Waals surface area (Å²) in [5.74, 6) is 0.859. The fraction of sp³-hybridized carbons (Fsp3) is 0.316. The SMILES string of the molecule is CCCOc1ccc(-c2[nH]c3nccnc3c2CCC(=O)NC)cc1. The van der Waals surface area contributed by atoms with E-state index in [0.717, 1.165) is 40.2 Å². The van der Waals surface area contributed by atoms with Gasteiger partial charge < -0.3 is 15.0 Å². The molecule has 0 unspecified atom stereocenters. The van der Waals surface area contributed by atoms with Gasteiger partial charge in [0.05, 0.1) is 12.3 Å². The Balaban J connectivity index is 1.95. The van der Waals surface area contributed by atoms with Crippen molar-refractivity contribution < 1.29 is 9.53 Å². The number of aromatic amines is 1. The van der Waals surface area contributed by atoms with E-state index in [9.17, 15) is 4.79 Å². The van der Waals surface area contributed by atoms with Crippen molar-refractivity contribution in [1.82, 2.24) is 20.3 Å². The number of hydrogen-bond donors (Lipinski definition) is 2. The standard InChI is InChI=1S/C19H22N4O2/c1-3-12-25-14-6-4-13(5-7-14)17-15(8-9-16(24)20-2)18-19(23-17)22-11-10-21-18/h4-7,10-11H,3,8-9,12H2,1-2H3,(H,20,24)(H,22,23). The van der Waals surface area contributed by atoms with Crippen LogP contribution >= 0.6 is 0 Å². The zero-order chi connectivity index (χ0) is 17.6. The van der Waals surface area contributed by atoms with Crippen LogP contribution in [0.25, 0.3) is 22.4 Å². The second-order valence-electron chi connectivity index (χ2n) is 5.78. The zero-order valence-electron chi connectivity index (χ0n) is 14.5. The van der Waals surface area contributed by atoms with Gasteiger partial charge in [0.25, 0.3) is 0 Å². The van der Waals surface area contributed by atoms with Gasteiger partial charge in [0.2, 0.25) is 5.91 Å². The number of aryl methyl sites for hydroxylation is 1. The molecule has 130 valence electrons. The van der Waals surface area contributed by atoms with Gasteiger partial charge in [-0.25, -0.2) is 4.98 Å².